The number of carbonyl (C=O) groups is 1. The lowest BCUT2D eigenvalue weighted by atomic mass is 10.1. The third kappa shape index (κ3) is 1.95. The lowest BCUT2D eigenvalue weighted by molar-refractivity contribution is -0.389. The second-order valence-electron chi connectivity index (χ2n) is 2.90. The Labute approximate surface area is 87.7 Å². The molecule has 0 saturated heterocycles. The van der Waals surface area contributed by atoms with Gasteiger partial charge in [-0.25, -0.2) is 13.6 Å². The first-order valence-electron chi connectivity index (χ1n) is 4.01. The van der Waals surface area contributed by atoms with Crippen LogP contribution in [-0.2, 0) is 0 Å². The summed E-state index contributed by atoms with van der Waals surface area (Å²) in [5, 5.41) is 19.2. The molecule has 0 aromatic carbocycles. The zero-order chi connectivity index (χ0) is 12.5. The van der Waals surface area contributed by atoms with Crippen LogP contribution in [0.1, 0.15) is 27.9 Å². The molecule has 0 fully saturated rings. The predicted molar refractivity (Wildman–Crippen MR) is 47.5 cm³/mol. The Bertz CT molecular complexity index is 462. The van der Waals surface area contributed by atoms with Crippen molar-refractivity contribution < 1.29 is 23.6 Å². The molecule has 1 heterocycles. The van der Waals surface area contributed by atoms with E-state index in [4.69, 9.17) is 5.11 Å². The molecule has 0 aliphatic heterocycles. The van der Waals surface area contributed by atoms with E-state index in [0.29, 0.717) is 6.20 Å². The van der Waals surface area contributed by atoms with E-state index in [2.05, 4.69) is 4.98 Å². The van der Waals surface area contributed by atoms with Gasteiger partial charge in [0, 0.05) is 0 Å². The summed E-state index contributed by atoms with van der Waals surface area (Å²) in [5.74, 6) is -2.59. The number of carboxylic acid groups (broad SMARTS) is 1. The normalized spacial score (nSPS) is 10.5. The highest BCUT2D eigenvalue weighted by Gasteiger charge is 2.28. The number of aromatic nitrogens is 1. The van der Waals surface area contributed by atoms with Gasteiger partial charge in [0.25, 0.3) is 6.43 Å². The first kappa shape index (κ1) is 12.0. The maximum absolute atomic E-state index is 12.4. The molecule has 1 aromatic heterocycles. The smallest absolute Gasteiger partial charge is 0.378 e. The van der Waals surface area contributed by atoms with Crippen molar-refractivity contribution in [2.45, 2.75) is 13.3 Å². The number of hydrogen-bond donors (Lipinski definition) is 1. The number of halogens is 2. The van der Waals surface area contributed by atoms with Crippen LogP contribution >= 0.6 is 0 Å². The number of pyridine rings is 1. The molecule has 0 saturated carbocycles. The van der Waals surface area contributed by atoms with E-state index in [1.165, 1.54) is 0 Å². The Balaban J connectivity index is 3.54. The van der Waals surface area contributed by atoms with Crippen LogP contribution in [0, 0.1) is 17.0 Å². The Morgan fingerprint density at radius 1 is 1.62 bits per heavy atom. The Kier molecular flexibility index (Phi) is 3.11. The summed E-state index contributed by atoms with van der Waals surface area (Å²) < 4.78 is 24.8. The minimum atomic E-state index is -2.92. The average Bonchev–Trinajstić information content (AvgIpc) is 2.15. The Morgan fingerprint density at radius 3 is 2.56 bits per heavy atom. The molecule has 86 valence electrons. The molecule has 0 spiro atoms. The first-order chi connectivity index (χ1) is 7.36. The summed E-state index contributed by atoms with van der Waals surface area (Å²) in [6, 6.07) is 0. The first-order valence-corrected chi connectivity index (χ1v) is 4.01. The van der Waals surface area contributed by atoms with Gasteiger partial charge in [0.2, 0.25) is 0 Å². The van der Waals surface area contributed by atoms with E-state index >= 15 is 0 Å². The summed E-state index contributed by atoms with van der Waals surface area (Å²) in [6.45, 7) is 1.08. The summed E-state index contributed by atoms with van der Waals surface area (Å²) in [7, 11) is 0. The van der Waals surface area contributed by atoms with Gasteiger partial charge >= 0.3 is 11.8 Å². The predicted octanol–water partition coefficient (Wildman–Crippen LogP) is 1.93. The fraction of sp³-hybridized carbons (Fsp3) is 0.250. The molecule has 0 aliphatic rings. The van der Waals surface area contributed by atoms with Crippen molar-refractivity contribution in [1.29, 1.82) is 0 Å². The van der Waals surface area contributed by atoms with Crippen molar-refractivity contribution in [3.05, 3.63) is 33.0 Å². The minimum Gasteiger partial charge on any atom is -0.477 e. The van der Waals surface area contributed by atoms with E-state index < -0.39 is 34.3 Å². The van der Waals surface area contributed by atoms with Gasteiger partial charge in [-0.2, -0.15) is 0 Å². The summed E-state index contributed by atoms with van der Waals surface area (Å²) in [4.78, 5) is 23.3. The highest BCUT2D eigenvalue weighted by atomic mass is 19.3. The van der Waals surface area contributed by atoms with E-state index in [0.717, 1.165) is 6.92 Å². The molecule has 6 nitrogen and oxygen atoms in total. The highest BCUT2D eigenvalue weighted by Crippen LogP contribution is 2.28. The number of aromatic carboxylic acids is 1. The Hall–Kier alpha value is -2.12. The standard InChI is InChI=1S/C8H6F2N2O4/c1-3-4(6(9)10)2-11-7(12(15)16)5(3)8(13)14/h2,6H,1H3,(H,13,14). The molecular weight excluding hydrogens is 226 g/mol. The van der Waals surface area contributed by atoms with Crippen LogP contribution in [-0.4, -0.2) is 21.0 Å². The third-order valence-corrected chi connectivity index (χ3v) is 1.98. The van der Waals surface area contributed by atoms with Gasteiger partial charge in [-0.15, -0.1) is 0 Å². The number of rotatable bonds is 3. The van der Waals surface area contributed by atoms with Crippen LogP contribution < -0.4 is 0 Å². The number of alkyl halides is 2. The van der Waals surface area contributed by atoms with Crippen LogP contribution in [0.25, 0.3) is 0 Å². The zero-order valence-electron chi connectivity index (χ0n) is 7.98. The average molecular weight is 232 g/mol. The molecule has 0 aliphatic carbocycles. The van der Waals surface area contributed by atoms with Gasteiger partial charge in [0.15, 0.2) is 5.56 Å². The molecule has 0 amide bonds. The molecule has 8 heteroatoms. The topological polar surface area (TPSA) is 93.3 Å². The molecule has 1 N–H and O–H groups in total. The molecule has 1 rings (SSSR count). The van der Waals surface area contributed by atoms with E-state index in [-0.39, 0.29) is 5.56 Å². The SMILES string of the molecule is Cc1c(C(F)F)cnc([N+](=O)[O-])c1C(=O)O. The maximum atomic E-state index is 12.4. The van der Waals surface area contributed by atoms with Gasteiger partial charge in [0.05, 0.1) is 5.56 Å². The number of nitrogens with zero attached hydrogens (tertiary/aromatic N) is 2. The number of hydrogen-bond acceptors (Lipinski definition) is 4. The van der Waals surface area contributed by atoms with Crippen molar-refractivity contribution >= 4 is 11.8 Å². The number of nitro groups is 1. The molecule has 0 unspecified atom stereocenters. The fourth-order valence-corrected chi connectivity index (χ4v) is 1.22. The third-order valence-electron chi connectivity index (χ3n) is 1.98. The molecule has 0 bridgehead atoms. The number of carboxylic acids is 1. The zero-order valence-corrected chi connectivity index (χ0v) is 7.98. The van der Waals surface area contributed by atoms with Crippen molar-refractivity contribution in [3.8, 4) is 0 Å². The lowest BCUT2D eigenvalue weighted by Crippen LogP contribution is -2.09. The van der Waals surface area contributed by atoms with Crippen LogP contribution in [0.2, 0.25) is 0 Å². The molecule has 0 radical (unpaired) electrons. The maximum Gasteiger partial charge on any atom is 0.378 e. The van der Waals surface area contributed by atoms with Gasteiger partial charge < -0.3 is 15.2 Å². The molecule has 0 atom stereocenters. The van der Waals surface area contributed by atoms with E-state index in [1.54, 1.807) is 0 Å². The fourth-order valence-electron chi connectivity index (χ4n) is 1.22. The van der Waals surface area contributed by atoms with Gasteiger partial charge in [-0.1, -0.05) is 0 Å². The minimum absolute atomic E-state index is 0.343. The molecular formula is C8H6F2N2O4. The second-order valence-corrected chi connectivity index (χ2v) is 2.90. The van der Waals surface area contributed by atoms with Crippen molar-refractivity contribution in [1.82, 2.24) is 4.98 Å². The highest BCUT2D eigenvalue weighted by molar-refractivity contribution is 5.93. The van der Waals surface area contributed by atoms with Crippen molar-refractivity contribution in [2.75, 3.05) is 0 Å². The summed E-state index contributed by atoms with van der Waals surface area (Å²) >= 11 is 0. The van der Waals surface area contributed by atoms with Gasteiger partial charge in [-0.3, -0.25) is 0 Å². The van der Waals surface area contributed by atoms with E-state index in [1.807, 2.05) is 0 Å². The Morgan fingerprint density at radius 2 is 2.19 bits per heavy atom. The second kappa shape index (κ2) is 4.17. The quantitative estimate of drug-likeness (QED) is 0.634. The summed E-state index contributed by atoms with van der Waals surface area (Å²) in [5.41, 5.74) is -1.77. The van der Waals surface area contributed by atoms with Crippen LogP contribution in [0.4, 0.5) is 14.6 Å². The molecule has 16 heavy (non-hydrogen) atoms. The monoisotopic (exact) mass is 232 g/mol. The van der Waals surface area contributed by atoms with Crippen LogP contribution in [0.15, 0.2) is 6.20 Å². The van der Waals surface area contributed by atoms with Gasteiger partial charge in [-0.05, 0) is 22.4 Å². The van der Waals surface area contributed by atoms with Crippen LogP contribution in [0.5, 0.6) is 0 Å². The largest absolute Gasteiger partial charge is 0.477 e. The van der Waals surface area contributed by atoms with Crippen molar-refractivity contribution in [3.63, 3.8) is 0 Å². The van der Waals surface area contributed by atoms with Crippen LogP contribution in [0.3, 0.4) is 0 Å². The van der Waals surface area contributed by atoms with Crippen molar-refractivity contribution in [2.24, 2.45) is 0 Å². The summed E-state index contributed by atoms with van der Waals surface area (Å²) in [6.07, 6.45) is -2.31. The van der Waals surface area contributed by atoms with E-state index in [9.17, 15) is 23.7 Å². The molecule has 1 aromatic rings. The lowest BCUT2D eigenvalue weighted by Gasteiger charge is -2.06. The van der Waals surface area contributed by atoms with Gasteiger partial charge in [0.1, 0.15) is 6.20 Å².